The molecule has 8 heteroatoms. The topological polar surface area (TPSA) is 92.5 Å². The third-order valence-corrected chi connectivity index (χ3v) is 9.19. The van der Waals surface area contributed by atoms with Crippen molar-refractivity contribution >= 4 is 23.6 Å². The summed E-state index contributed by atoms with van der Waals surface area (Å²) in [6, 6.07) is 20.1. The van der Waals surface area contributed by atoms with Gasteiger partial charge in [0.05, 0.1) is 23.4 Å². The van der Waals surface area contributed by atoms with Crippen molar-refractivity contribution in [2.24, 2.45) is 0 Å². The number of amides is 1. The fraction of sp³-hybridized carbons (Fsp3) is 0.412. The van der Waals surface area contributed by atoms with Crippen LogP contribution in [0.15, 0.2) is 59.6 Å². The summed E-state index contributed by atoms with van der Waals surface area (Å²) in [5.74, 6) is 1.55. The van der Waals surface area contributed by atoms with E-state index in [9.17, 15) is 14.9 Å². The maximum absolute atomic E-state index is 13.6. The minimum Gasteiger partial charge on any atom is -0.490 e. The van der Waals surface area contributed by atoms with Crippen LogP contribution in [0.25, 0.3) is 0 Å². The Kier molecular flexibility index (Phi) is 9.18. The average Bonchev–Trinajstić information content (AvgIpc) is 3.25. The molecule has 0 N–H and O–H groups in total. The molecule has 0 spiro atoms. The number of aryl methyl sites for hydroxylation is 1. The first kappa shape index (κ1) is 29.7. The highest BCUT2D eigenvalue weighted by Crippen LogP contribution is 2.39. The molecule has 42 heavy (non-hydrogen) atoms. The lowest BCUT2D eigenvalue weighted by molar-refractivity contribution is 0.0355. The molecule has 5 rings (SSSR count). The van der Waals surface area contributed by atoms with Gasteiger partial charge in [0.1, 0.15) is 22.9 Å². The van der Waals surface area contributed by atoms with E-state index in [2.05, 4.69) is 48.0 Å². The van der Waals surface area contributed by atoms with Gasteiger partial charge < -0.3 is 14.4 Å². The van der Waals surface area contributed by atoms with Crippen molar-refractivity contribution in [3.8, 4) is 11.8 Å². The van der Waals surface area contributed by atoms with Crippen LogP contribution in [0.5, 0.6) is 5.75 Å². The van der Waals surface area contributed by atoms with Gasteiger partial charge in [-0.25, -0.2) is 9.78 Å². The molecule has 3 heterocycles. The molecular formula is C34H37N3O4S. The van der Waals surface area contributed by atoms with Crippen LogP contribution in [-0.2, 0) is 10.5 Å². The highest BCUT2D eigenvalue weighted by molar-refractivity contribution is 7.98. The summed E-state index contributed by atoms with van der Waals surface area (Å²) in [5, 5.41) is 10.2. The van der Waals surface area contributed by atoms with E-state index < -0.39 is 5.97 Å². The molecule has 1 amide bonds. The van der Waals surface area contributed by atoms with E-state index in [0.29, 0.717) is 39.1 Å². The van der Waals surface area contributed by atoms with Gasteiger partial charge in [0, 0.05) is 36.2 Å². The number of nitrogens with zero attached hydrogens (tertiary/aromatic N) is 3. The van der Waals surface area contributed by atoms with Gasteiger partial charge in [-0.15, -0.1) is 11.8 Å². The molecule has 7 nitrogen and oxygen atoms in total. The lowest BCUT2D eigenvalue weighted by Crippen LogP contribution is -2.49. The Bertz CT molecular complexity index is 1480. The van der Waals surface area contributed by atoms with Crippen molar-refractivity contribution in [3.05, 3.63) is 88.1 Å². The van der Waals surface area contributed by atoms with Crippen molar-refractivity contribution in [1.29, 1.82) is 5.26 Å². The second kappa shape index (κ2) is 13.0. The number of piperidine rings is 1. The average molecular weight is 584 g/mol. The first-order valence-electron chi connectivity index (χ1n) is 14.7. The van der Waals surface area contributed by atoms with E-state index in [1.165, 1.54) is 17.3 Å². The Labute approximate surface area is 252 Å². The molecule has 0 saturated carbocycles. The molecule has 0 unspecified atom stereocenters. The number of carbonyl (C=O) groups is 2. The van der Waals surface area contributed by atoms with Gasteiger partial charge in [-0.3, -0.25) is 4.79 Å². The van der Waals surface area contributed by atoms with Crippen molar-refractivity contribution in [1.82, 2.24) is 9.88 Å². The first-order chi connectivity index (χ1) is 20.3. The zero-order valence-corrected chi connectivity index (χ0v) is 25.4. The highest BCUT2D eigenvalue weighted by atomic mass is 32.2. The van der Waals surface area contributed by atoms with Gasteiger partial charge >= 0.3 is 5.97 Å². The Morgan fingerprint density at radius 2 is 1.79 bits per heavy atom. The lowest BCUT2D eigenvalue weighted by atomic mass is 9.97. The van der Waals surface area contributed by atoms with Crippen LogP contribution < -0.4 is 4.74 Å². The zero-order chi connectivity index (χ0) is 29.8. The fourth-order valence-electron chi connectivity index (χ4n) is 6.03. The van der Waals surface area contributed by atoms with E-state index >= 15 is 0 Å². The standard InChI is InChI=1S/C34H37N3O4S/c1-5-40-34(39)30-16-25(19-35)32(36-22(30)4)42-20-23-10-12-24(13-11-23)33(38)37-26-14-15-27(37)18-28(17-26)41-31-9-7-6-8-29(31)21(2)3/h6-13,16,21,26-28H,5,14-15,17-18,20H2,1-4H3/t26-,27-/m0/s1. The number of thioether (sulfide) groups is 1. The molecule has 218 valence electrons. The summed E-state index contributed by atoms with van der Waals surface area (Å²) in [6.07, 6.45) is 3.85. The third-order valence-electron chi connectivity index (χ3n) is 8.13. The predicted molar refractivity (Wildman–Crippen MR) is 163 cm³/mol. The van der Waals surface area contributed by atoms with Gasteiger partial charge in [0.15, 0.2) is 0 Å². The monoisotopic (exact) mass is 583 g/mol. The number of hydrogen-bond acceptors (Lipinski definition) is 7. The lowest BCUT2D eigenvalue weighted by Gasteiger charge is -2.39. The minimum absolute atomic E-state index is 0.0846. The van der Waals surface area contributed by atoms with Gasteiger partial charge in [-0.2, -0.15) is 5.26 Å². The van der Waals surface area contributed by atoms with Crippen LogP contribution in [0.4, 0.5) is 0 Å². The van der Waals surface area contributed by atoms with E-state index in [1.807, 2.05) is 30.3 Å². The smallest absolute Gasteiger partial charge is 0.340 e. The van der Waals surface area contributed by atoms with Crippen molar-refractivity contribution in [3.63, 3.8) is 0 Å². The van der Waals surface area contributed by atoms with Crippen molar-refractivity contribution in [2.45, 2.75) is 88.3 Å². The molecule has 2 atom stereocenters. The largest absolute Gasteiger partial charge is 0.490 e. The normalized spacial score (nSPS) is 19.4. The van der Waals surface area contributed by atoms with Crippen LogP contribution in [0, 0.1) is 18.3 Å². The van der Waals surface area contributed by atoms with Crippen LogP contribution >= 0.6 is 11.8 Å². The number of nitriles is 1. The molecule has 1 aromatic heterocycles. The minimum atomic E-state index is -0.475. The number of carbonyl (C=O) groups excluding carboxylic acids is 2. The number of esters is 1. The molecular weight excluding hydrogens is 546 g/mol. The number of benzene rings is 2. The molecule has 2 bridgehead atoms. The van der Waals surface area contributed by atoms with E-state index in [-0.39, 0.29) is 30.7 Å². The Hall–Kier alpha value is -3.83. The molecule has 2 aliphatic heterocycles. The van der Waals surface area contributed by atoms with E-state index in [0.717, 1.165) is 37.0 Å². The fourth-order valence-corrected chi connectivity index (χ4v) is 6.99. The summed E-state index contributed by atoms with van der Waals surface area (Å²) in [7, 11) is 0. The van der Waals surface area contributed by atoms with Crippen molar-refractivity contribution in [2.75, 3.05) is 6.61 Å². The third kappa shape index (κ3) is 6.32. The maximum Gasteiger partial charge on any atom is 0.340 e. The van der Waals surface area contributed by atoms with Crippen LogP contribution in [0.2, 0.25) is 0 Å². The van der Waals surface area contributed by atoms with E-state index in [4.69, 9.17) is 9.47 Å². The van der Waals surface area contributed by atoms with E-state index in [1.54, 1.807) is 19.9 Å². The Balaban J connectivity index is 1.21. The molecule has 0 aliphatic carbocycles. The summed E-state index contributed by atoms with van der Waals surface area (Å²) in [6.45, 7) is 8.11. The number of pyridine rings is 1. The number of fused-ring (bicyclic) bond motifs is 2. The second-order valence-corrected chi connectivity index (χ2v) is 12.3. The summed E-state index contributed by atoms with van der Waals surface area (Å²) >= 11 is 1.43. The molecule has 3 aromatic rings. The summed E-state index contributed by atoms with van der Waals surface area (Å²) in [5.41, 5.74) is 4.12. The van der Waals surface area contributed by atoms with Gasteiger partial charge in [0.25, 0.3) is 5.91 Å². The number of aromatic nitrogens is 1. The van der Waals surface area contributed by atoms with Gasteiger partial charge in [0.2, 0.25) is 0 Å². The number of ether oxygens (including phenoxy) is 2. The van der Waals surface area contributed by atoms with Crippen LogP contribution in [0.3, 0.4) is 0 Å². The molecule has 2 fully saturated rings. The molecule has 2 saturated heterocycles. The molecule has 2 aromatic carbocycles. The van der Waals surface area contributed by atoms with Crippen LogP contribution in [-0.4, -0.2) is 46.6 Å². The number of hydrogen-bond donors (Lipinski definition) is 0. The maximum atomic E-state index is 13.6. The van der Waals surface area contributed by atoms with Crippen molar-refractivity contribution < 1.29 is 19.1 Å². The zero-order valence-electron chi connectivity index (χ0n) is 24.6. The summed E-state index contributed by atoms with van der Waals surface area (Å²) in [4.78, 5) is 32.4. The Morgan fingerprint density at radius 3 is 2.43 bits per heavy atom. The molecule has 0 radical (unpaired) electrons. The highest BCUT2D eigenvalue weighted by Gasteiger charge is 2.44. The SMILES string of the molecule is CCOC(=O)c1cc(C#N)c(SCc2ccc(C(=O)N3[C@H]4CC[C@H]3CC(Oc3ccccc3C(C)C)C4)cc2)nc1C. The predicted octanol–water partition coefficient (Wildman–Crippen LogP) is 7.07. The second-order valence-electron chi connectivity index (χ2n) is 11.3. The summed E-state index contributed by atoms with van der Waals surface area (Å²) < 4.78 is 11.6. The van der Waals surface area contributed by atoms with Gasteiger partial charge in [-0.1, -0.05) is 44.2 Å². The van der Waals surface area contributed by atoms with Crippen LogP contribution in [0.1, 0.15) is 95.5 Å². The number of rotatable bonds is 9. The first-order valence-corrected chi connectivity index (χ1v) is 15.7. The molecule has 2 aliphatic rings. The quantitative estimate of drug-likeness (QED) is 0.196. The van der Waals surface area contributed by atoms with Gasteiger partial charge in [-0.05, 0) is 68.0 Å². The number of para-hydroxylation sites is 1. The Morgan fingerprint density at radius 1 is 1.10 bits per heavy atom.